The van der Waals surface area contributed by atoms with E-state index in [1.807, 2.05) is 0 Å². The van der Waals surface area contributed by atoms with Crippen LogP contribution in [0.15, 0.2) is 30.3 Å². The Bertz CT molecular complexity index is 458. The normalized spacial score (nSPS) is 19.9. The third-order valence-electron chi connectivity index (χ3n) is 2.94. The summed E-state index contributed by atoms with van der Waals surface area (Å²) in [5.74, 6) is -0.437. The molecule has 0 radical (unpaired) electrons. The molecule has 1 aromatic rings. The molecule has 0 aromatic heterocycles. The smallest absolute Gasteiger partial charge is 0.246 e. The number of aliphatic hydroxyl groups excluding tert-OH is 1. The number of carbonyl (C=O) groups excluding carboxylic acids is 1. The van der Waals surface area contributed by atoms with Gasteiger partial charge in [-0.25, -0.2) is 4.39 Å². The van der Waals surface area contributed by atoms with Gasteiger partial charge in [0.25, 0.3) is 0 Å². The van der Waals surface area contributed by atoms with E-state index in [2.05, 4.69) is 0 Å². The van der Waals surface area contributed by atoms with Crippen molar-refractivity contribution in [1.82, 2.24) is 4.90 Å². The fourth-order valence-corrected chi connectivity index (χ4v) is 1.88. The lowest BCUT2D eigenvalue weighted by atomic mass is 10.2. The van der Waals surface area contributed by atoms with Crippen LogP contribution in [-0.4, -0.2) is 48.3 Å². The van der Waals surface area contributed by atoms with E-state index in [0.717, 1.165) is 5.56 Å². The maximum Gasteiger partial charge on any atom is 0.246 e. The molecular formula is C14H16FNO3. The zero-order valence-corrected chi connectivity index (χ0v) is 10.5. The minimum Gasteiger partial charge on any atom is -0.394 e. The second-order valence-electron chi connectivity index (χ2n) is 4.34. The van der Waals surface area contributed by atoms with Crippen LogP contribution >= 0.6 is 0 Å². The molecule has 1 N–H and O–H groups in total. The lowest BCUT2D eigenvalue weighted by Crippen LogP contribution is -2.46. The quantitative estimate of drug-likeness (QED) is 0.831. The first-order chi connectivity index (χ1) is 9.19. The Labute approximate surface area is 111 Å². The molecule has 1 atom stereocenters. The van der Waals surface area contributed by atoms with Crippen molar-refractivity contribution in [3.05, 3.63) is 41.7 Å². The minimum absolute atomic E-state index is 0.0918. The number of hydrogen-bond acceptors (Lipinski definition) is 3. The van der Waals surface area contributed by atoms with Crippen LogP contribution in [0.25, 0.3) is 6.08 Å². The number of hydrogen-bond donors (Lipinski definition) is 1. The van der Waals surface area contributed by atoms with E-state index < -0.39 is 0 Å². The van der Waals surface area contributed by atoms with E-state index in [0.29, 0.717) is 19.7 Å². The molecule has 1 saturated heterocycles. The molecule has 1 unspecified atom stereocenters. The number of halogens is 1. The summed E-state index contributed by atoms with van der Waals surface area (Å²) >= 11 is 0. The maximum absolute atomic E-state index is 12.7. The fraction of sp³-hybridized carbons (Fsp3) is 0.357. The Kier molecular flexibility index (Phi) is 4.65. The summed E-state index contributed by atoms with van der Waals surface area (Å²) in [5, 5.41) is 9.01. The fourth-order valence-electron chi connectivity index (χ4n) is 1.88. The molecule has 2 rings (SSSR count). The standard InChI is InChI=1S/C14H16FNO3/c15-12-4-1-11(2-5-12)3-6-14(18)16-7-8-19-13(9-16)10-17/h1-6,13,17H,7-10H2/b6-3+. The van der Waals surface area contributed by atoms with Crippen LogP contribution in [0.5, 0.6) is 0 Å². The second kappa shape index (κ2) is 6.45. The predicted octanol–water partition coefficient (Wildman–Crippen LogP) is 1.06. The van der Waals surface area contributed by atoms with Gasteiger partial charge < -0.3 is 14.7 Å². The Morgan fingerprint density at radius 2 is 2.21 bits per heavy atom. The monoisotopic (exact) mass is 265 g/mol. The van der Waals surface area contributed by atoms with Gasteiger partial charge in [0.1, 0.15) is 5.82 Å². The number of rotatable bonds is 3. The Hall–Kier alpha value is -1.72. The molecule has 0 bridgehead atoms. The van der Waals surface area contributed by atoms with Crippen molar-refractivity contribution < 1.29 is 19.0 Å². The number of benzene rings is 1. The van der Waals surface area contributed by atoms with Crippen LogP contribution in [0, 0.1) is 5.82 Å². The van der Waals surface area contributed by atoms with E-state index in [4.69, 9.17) is 9.84 Å². The van der Waals surface area contributed by atoms with Crippen molar-refractivity contribution >= 4 is 12.0 Å². The highest BCUT2D eigenvalue weighted by atomic mass is 19.1. The Morgan fingerprint density at radius 3 is 2.89 bits per heavy atom. The van der Waals surface area contributed by atoms with Crippen molar-refractivity contribution in [1.29, 1.82) is 0 Å². The zero-order chi connectivity index (χ0) is 13.7. The number of nitrogens with zero attached hydrogens (tertiary/aromatic N) is 1. The average molecular weight is 265 g/mol. The van der Waals surface area contributed by atoms with E-state index in [1.54, 1.807) is 23.1 Å². The number of carbonyl (C=O) groups is 1. The molecule has 1 aliphatic heterocycles. The van der Waals surface area contributed by atoms with Gasteiger partial charge in [-0.1, -0.05) is 12.1 Å². The first kappa shape index (κ1) is 13.7. The summed E-state index contributed by atoms with van der Waals surface area (Å²) in [4.78, 5) is 13.6. The van der Waals surface area contributed by atoms with Crippen molar-refractivity contribution in [3.63, 3.8) is 0 Å². The Morgan fingerprint density at radius 1 is 1.47 bits per heavy atom. The average Bonchev–Trinajstić information content (AvgIpc) is 2.46. The molecule has 0 spiro atoms. The summed E-state index contributed by atoms with van der Waals surface area (Å²) in [6, 6.07) is 5.91. The van der Waals surface area contributed by atoms with E-state index >= 15 is 0 Å². The first-order valence-electron chi connectivity index (χ1n) is 6.14. The van der Waals surface area contributed by atoms with E-state index in [9.17, 15) is 9.18 Å². The van der Waals surface area contributed by atoms with Gasteiger partial charge in [0, 0.05) is 19.2 Å². The zero-order valence-electron chi connectivity index (χ0n) is 10.5. The summed E-state index contributed by atoms with van der Waals surface area (Å²) in [5.41, 5.74) is 0.765. The van der Waals surface area contributed by atoms with Gasteiger partial charge in [-0.3, -0.25) is 4.79 Å². The molecule has 1 aromatic carbocycles. The molecule has 0 saturated carbocycles. The van der Waals surface area contributed by atoms with Crippen LogP contribution in [0.1, 0.15) is 5.56 Å². The number of aliphatic hydroxyl groups is 1. The third-order valence-corrected chi connectivity index (χ3v) is 2.94. The van der Waals surface area contributed by atoms with Gasteiger partial charge in [-0.05, 0) is 23.8 Å². The van der Waals surface area contributed by atoms with Gasteiger partial charge in [0.2, 0.25) is 5.91 Å². The van der Waals surface area contributed by atoms with Gasteiger partial charge in [0.05, 0.1) is 19.3 Å². The van der Waals surface area contributed by atoms with Crippen molar-refractivity contribution in [3.8, 4) is 0 Å². The van der Waals surface area contributed by atoms with Crippen molar-refractivity contribution in [2.45, 2.75) is 6.10 Å². The molecular weight excluding hydrogens is 249 g/mol. The molecule has 102 valence electrons. The molecule has 4 nitrogen and oxygen atoms in total. The third kappa shape index (κ3) is 3.87. The van der Waals surface area contributed by atoms with Crippen LogP contribution in [0.2, 0.25) is 0 Å². The maximum atomic E-state index is 12.7. The van der Waals surface area contributed by atoms with Gasteiger partial charge in [-0.2, -0.15) is 0 Å². The topological polar surface area (TPSA) is 49.8 Å². The van der Waals surface area contributed by atoms with Crippen LogP contribution in [0.4, 0.5) is 4.39 Å². The number of ether oxygens (including phenoxy) is 1. The summed E-state index contributed by atoms with van der Waals surface area (Å²) in [6.45, 7) is 1.25. The summed E-state index contributed by atoms with van der Waals surface area (Å²) < 4.78 is 18.0. The Balaban J connectivity index is 1.94. The van der Waals surface area contributed by atoms with Crippen LogP contribution < -0.4 is 0 Å². The molecule has 19 heavy (non-hydrogen) atoms. The lowest BCUT2D eigenvalue weighted by Gasteiger charge is -2.31. The number of amides is 1. The van der Waals surface area contributed by atoms with Gasteiger partial charge in [0.15, 0.2) is 0 Å². The molecule has 5 heteroatoms. The van der Waals surface area contributed by atoms with Crippen molar-refractivity contribution in [2.24, 2.45) is 0 Å². The molecule has 1 heterocycles. The SMILES string of the molecule is O=C(/C=C/c1ccc(F)cc1)N1CCOC(CO)C1. The highest BCUT2D eigenvalue weighted by molar-refractivity contribution is 5.91. The minimum atomic E-state index is -0.308. The van der Waals surface area contributed by atoms with Crippen molar-refractivity contribution in [2.75, 3.05) is 26.3 Å². The van der Waals surface area contributed by atoms with Crippen LogP contribution in [0.3, 0.4) is 0 Å². The summed E-state index contributed by atoms with van der Waals surface area (Å²) in [6.07, 6.45) is 2.79. The molecule has 1 aliphatic rings. The highest BCUT2D eigenvalue weighted by Crippen LogP contribution is 2.08. The van der Waals surface area contributed by atoms with Crippen LogP contribution in [-0.2, 0) is 9.53 Å². The number of morpholine rings is 1. The van der Waals surface area contributed by atoms with Gasteiger partial charge in [-0.15, -0.1) is 0 Å². The largest absolute Gasteiger partial charge is 0.394 e. The highest BCUT2D eigenvalue weighted by Gasteiger charge is 2.21. The second-order valence-corrected chi connectivity index (χ2v) is 4.34. The molecule has 1 amide bonds. The lowest BCUT2D eigenvalue weighted by molar-refractivity contribution is -0.134. The predicted molar refractivity (Wildman–Crippen MR) is 68.8 cm³/mol. The summed E-state index contributed by atoms with van der Waals surface area (Å²) in [7, 11) is 0. The van der Waals surface area contributed by atoms with Gasteiger partial charge >= 0.3 is 0 Å². The molecule has 1 fully saturated rings. The van der Waals surface area contributed by atoms with E-state index in [-0.39, 0.29) is 24.4 Å². The van der Waals surface area contributed by atoms with E-state index in [1.165, 1.54) is 18.2 Å². The first-order valence-corrected chi connectivity index (χ1v) is 6.14. The molecule has 0 aliphatic carbocycles.